The summed E-state index contributed by atoms with van der Waals surface area (Å²) in [6, 6.07) is 0. The maximum atomic E-state index is 11.4. The summed E-state index contributed by atoms with van der Waals surface area (Å²) in [4.78, 5) is 11.4. The van der Waals surface area contributed by atoms with Gasteiger partial charge in [0.2, 0.25) is 0 Å². The van der Waals surface area contributed by atoms with E-state index in [0.29, 0.717) is 11.2 Å². The van der Waals surface area contributed by atoms with Crippen LogP contribution >= 0.6 is 11.8 Å². The van der Waals surface area contributed by atoms with Gasteiger partial charge in [0.15, 0.2) is 0 Å². The van der Waals surface area contributed by atoms with Crippen LogP contribution in [0, 0.1) is 11.8 Å². The van der Waals surface area contributed by atoms with Crippen molar-refractivity contribution in [3.05, 3.63) is 11.8 Å². The molecule has 3 atom stereocenters. The van der Waals surface area contributed by atoms with Crippen molar-refractivity contribution in [1.82, 2.24) is 0 Å². The van der Waals surface area contributed by atoms with Crippen LogP contribution in [0.15, 0.2) is 11.8 Å². The molecule has 1 saturated heterocycles. The summed E-state index contributed by atoms with van der Waals surface area (Å²) in [6.07, 6.45) is 1.61. The fourth-order valence-corrected chi connectivity index (χ4v) is 3.37. The molecule has 0 radical (unpaired) electrons. The molecule has 0 bridgehead atoms. The van der Waals surface area contributed by atoms with E-state index in [1.54, 1.807) is 6.26 Å². The zero-order chi connectivity index (χ0) is 10.7. The van der Waals surface area contributed by atoms with Gasteiger partial charge in [0, 0.05) is 16.9 Å². The number of thioether (sulfide) groups is 1. The number of ether oxygens (including phenoxy) is 1. The van der Waals surface area contributed by atoms with Crippen LogP contribution in [0.5, 0.6) is 0 Å². The fraction of sp³-hybridized carbons (Fsp3) is 0.727. The number of carbonyl (C=O) groups is 1. The second kappa shape index (κ2) is 4.87. The lowest BCUT2D eigenvalue weighted by atomic mass is 9.85. The maximum Gasteiger partial charge on any atom is 0.315 e. The molecular formula is C11H18O2S. The van der Waals surface area contributed by atoms with Crippen LogP contribution in [-0.4, -0.2) is 17.0 Å². The van der Waals surface area contributed by atoms with E-state index in [2.05, 4.69) is 6.92 Å². The van der Waals surface area contributed by atoms with Gasteiger partial charge in [0.05, 0.1) is 12.2 Å². The predicted octanol–water partition coefficient (Wildman–Crippen LogP) is 2.84. The molecule has 3 unspecified atom stereocenters. The highest BCUT2D eigenvalue weighted by atomic mass is 32.2. The lowest BCUT2D eigenvalue weighted by Gasteiger charge is -2.24. The minimum Gasteiger partial charge on any atom is -0.434 e. The molecule has 2 rings (SSSR count). The monoisotopic (exact) mass is 214 g/mol. The highest BCUT2D eigenvalue weighted by Crippen LogP contribution is 2.43. The molecule has 0 amide bonds. The Hall–Kier alpha value is -0.440. The van der Waals surface area contributed by atoms with Crippen molar-refractivity contribution >= 4 is 17.7 Å². The zero-order valence-electron chi connectivity index (χ0n) is 9.24. The first kappa shape index (κ1) is 11.6. The topological polar surface area (TPSA) is 26.3 Å². The van der Waals surface area contributed by atoms with Gasteiger partial charge in [0.1, 0.15) is 0 Å². The summed E-state index contributed by atoms with van der Waals surface area (Å²) in [5, 5.41) is 0.422. The van der Waals surface area contributed by atoms with Gasteiger partial charge in [-0.3, -0.25) is 4.79 Å². The molecule has 2 aliphatic rings. The Morgan fingerprint density at radius 3 is 2.71 bits per heavy atom. The summed E-state index contributed by atoms with van der Waals surface area (Å²) in [7, 11) is 0. The van der Waals surface area contributed by atoms with Crippen molar-refractivity contribution in [3.63, 3.8) is 0 Å². The average Bonchev–Trinajstić information content (AvgIpc) is 2.59. The predicted molar refractivity (Wildman–Crippen MR) is 60.1 cm³/mol. The Morgan fingerprint density at radius 1 is 1.50 bits per heavy atom. The molecule has 2 aliphatic heterocycles. The quantitative estimate of drug-likeness (QED) is 0.580. The second-order valence-electron chi connectivity index (χ2n) is 3.47. The Balaban J connectivity index is 0.000000461. The average molecular weight is 214 g/mol. The molecule has 0 spiro atoms. The summed E-state index contributed by atoms with van der Waals surface area (Å²) in [5.74, 6) is 1.58. The van der Waals surface area contributed by atoms with Crippen LogP contribution < -0.4 is 0 Å². The van der Waals surface area contributed by atoms with Crippen LogP contribution in [0.25, 0.3) is 0 Å². The maximum absolute atomic E-state index is 11.4. The number of carbonyl (C=O) groups excluding carboxylic acids is 1. The molecule has 2 heterocycles. The van der Waals surface area contributed by atoms with Crippen LogP contribution in [0.1, 0.15) is 27.7 Å². The van der Waals surface area contributed by atoms with Crippen molar-refractivity contribution in [2.24, 2.45) is 11.8 Å². The third kappa shape index (κ3) is 1.97. The van der Waals surface area contributed by atoms with Gasteiger partial charge in [-0.1, -0.05) is 20.8 Å². The highest BCUT2D eigenvalue weighted by molar-refractivity contribution is 8.00. The number of cyclic esters (lactones) is 1. The molecule has 0 saturated carbocycles. The Kier molecular flexibility index (Phi) is 4.05. The first-order chi connectivity index (χ1) is 6.70. The fourth-order valence-electron chi connectivity index (χ4n) is 1.88. The van der Waals surface area contributed by atoms with Crippen LogP contribution in [-0.2, 0) is 9.53 Å². The van der Waals surface area contributed by atoms with Crippen LogP contribution in [0.2, 0.25) is 0 Å². The first-order valence-corrected chi connectivity index (χ1v) is 6.24. The summed E-state index contributed by atoms with van der Waals surface area (Å²) in [6.45, 7) is 8.15. The lowest BCUT2D eigenvalue weighted by molar-refractivity contribution is -0.145. The number of hydrogen-bond acceptors (Lipinski definition) is 3. The van der Waals surface area contributed by atoms with Gasteiger partial charge in [-0.25, -0.2) is 0 Å². The van der Waals surface area contributed by atoms with E-state index in [1.807, 2.05) is 32.5 Å². The summed E-state index contributed by atoms with van der Waals surface area (Å²) in [5.41, 5.74) is 1.22. The molecule has 2 nitrogen and oxygen atoms in total. The molecule has 0 aromatic rings. The number of fused-ring (bicyclic) bond motifs is 1. The van der Waals surface area contributed by atoms with Gasteiger partial charge in [-0.05, 0) is 12.5 Å². The van der Waals surface area contributed by atoms with E-state index in [9.17, 15) is 4.79 Å². The van der Waals surface area contributed by atoms with E-state index in [0.717, 1.165) is 5.75 Å². The van der Waals surface area contributed by atoms with Crippen molar-refractivity contribution in [2.45, 2.75) is 32.9 Å². The van der Waals surface area contributed by atoms with Gasteiger partial charge < -0.3 is 4.74 Å². The minimum absolute atomic E-state index is 0.0388. The van der Waals surface area contributed by atoms with E-state index >= 15 is 0 Å². The molecule has 3 heteroatoms. The van der Waals surface area contributed by atoms with E-state index in [4.69, 9.17) is 4.74 Å². The van der Waals surface area contributed by atoms with Crippen molar-refractivity contribution in [2.75, 3.05) is 5.75 Å². The van der Waals surface area contributed by atoms with Crippen LogP contribution in [0.4, 0.5) is 0 Å². The molecule has 0 N–H and O–H groups in total. The van der Waals surface area contributed by atoms with E-state index in [-0.39, 0.29) is 11.9 Å². The van der Waals surface area contributed by atoms with Gasteiger partial charge in [0.25, 0.3) is 0 Å². The third-order valence-electron chi connectivity index (χ3n) is 2.70. The summed E-state index contributed by atoms with van der Waals surface area (Å²) < 4.78 is 4.96. The molecule has 0 aromatic heterocycles. The number of rotatable bonds is 0. The first-order valence-electron chi connectivity index (χ1n) is 5.19. The Labute approximate surface area is 90.1 Å². The normalized spacial score (nSPS) is 35.0. The molecule has 14 heavy (non-hydrogen) atoms. The third-order valence-corrected chi connectivity index (χ3v) is 4.07. The number of hydrogen-bond donors (Lipinski definition) is 0. The number of allylic oxidation sites excluding steroid dienone is 1. The minimum atomic E-state index is -0.0388. The second-order valence-corrected chi connectivity index (χ2v) is 4.88. The largest absolute Gasteiger partial charge is 0.434 e. The highest BCUT2D eigenvalue weighted by Gasteiger charge is 2.43. The summed E-state index contributed by atoms with van der Waals surface area (Å²) >= 11 is 1.87. The molecule has 80 valence electrons. The van der Waals surface area contributed by atoms with Gasteiger partial charge >= 0.3 is 5.97 Å². The lowest BCUT2D eigenvalue weighted by Crippen LogP contribution is -2.31. The Morgan fingerprint density at radius 2 is 2.14 bits per heavy atom. The van der Waals surface area contributed by atoms with Crippen molar-refractivity contribution in [1.29, 1.82) is 0 Å². The molecule has 0 aromatic carbocycles. The van der Waals surface area contributed by atoms with Gasteiger partial charge in [-0.2, -0.15) is 11.8 Å². The standard InChI is InChI=1S/C9H12O2S.C2H6/c1-5-3-11-9(10)8-6(2)12-4-7(5)8;1-2/h3,6-8H,4H2,1-2H3;1-2H3. The Bertz CT molecular complexity index is 248. The van der Waals surface area contributed by atoms with Crippen molar-refractivity contribution < 1.29 is 9.53 Å². The molecule has 0 aliphatic carbocycles. The van der Waals surface area contributed by atoms with Crippen molar-refractivity contribution in [3.8, 4) is 0 Å². The molecular weight excluding hydrogens is 196 g/mol. The molecule has 1 fully saturated rings. The smallest absolute Gasteiger partial charge is 0.315 e. The zero-order valence-corrected chi connectivity index (χ0v) is 10.1. The van der Waals surface area contributed by atoms with E-state index < -0.39 is 0 Å². The number of esters is 1. The van der Waals surface area contributed by atoms with E-state index in [1.165, 1.54) is 5.57 Å². The van der Waals surface area contributed by atoms with Gasteiger partial charge in [-0.15, -0.1) is 0 Å². The van der Waals surface area contributed by atoms with Crippen LogP contribution in [0.3, 0.4) is 0 Å². The SMILES string of the molecule is CC.CC1=COC(=O)C2C(C)SCC12.